The standard InChI is InChI=1S/C6H10O6/c7-1-2-3(8)4(9)5(10)6(11)12-2/h1-6,8-11H/t2-,3-,4-,5+,6-/m0/s1. The Labute approximate surface area is 68.0 Å². The minimum Gasteiger partial charge on any atom is -0.387 e. The van der Waals surface area contributed by atoms with Crippen molar-refractivity contribution in [3.8, 4) is 0 Å². The van der Waals surface area contributed by atoms with Crippen LogP contribution in [0.4, 0.5) is 0 Å². The summed E-state index contributed by atoms with van der Waals surface area (Å²) in [4.78, 5) is 10.2. The summed E-state index contributed by atoms with van der Waals surface area (Å²) in [6.07, 6.45) is -7.33. The highest BCUT2D eigenvalue weighted by atomic mass is 16.6. The third-order valence-electron chi connectivity index (χ3n) is 1.76. The predicted octanol–water partition coefficient (Wildman–Crippen LogP) is -3.01. The van der Waals surface area contributed by atoms with Gasteiger partial charge in [0.25, 0.3) is 0 Å². The first-order valence-electron chi connectivity index (χ1n) is 3.41. The average Bonchev–Trinajstić information content (AvgIpc) is 2.08. The molecule has 0 spiro atoms. The van der Waals surface area contributed by atoms with Gasteiger partial charge in [0.15, 0.2) is 12.6 Å². The molecule has 1 rings (SSSR count). The molecule has 0 amide bonds. The Kier molecular flexibility index (Phi) is 2.76. The second kappa shape index (κ2) is 3.46. The van der Waals surface area contributed by atoms with Crippen LogP contribution in [0.2, 0.25) is 0 Å². The average molecular weight is 178 g/mol. The van der Waals surface area contributed by atoms with Crippen molar-refractivity contribution in [2.75, 3.05) is 0 Å². The molecule has 0 unspecified atom stereocenters. The van der Waals surface area contributed by atoms with E-state index in [-0.39, 0.29) is 6.29 Å². The van der Waals surface area contributed by atoms with E-state index in [4.69, 9.17) is 20.4 Å². The summed E-state index contributed by atoms with van der Waals surface area (Å²) in [5, 5.41) is 35.9. The van der Waals surface area contributed by atoms with Crippen molar-refractivity contribution in [2.24, 2.45) is 0 Å². The number of aldehydes is 1. The number of ether oxygens (including phenoxy) is 1. The molecule has 4 N–H and O–H groups in total. The number of hydrogen-bond donors (Lipinski definition) is 4. The van der Waals surface area contributed by atoms with Crippen LogP contribution in [0.15, 0.2) is 0 Å². The highest BCUT2D eigenvalue weighted by molar-refractivity contribution is 5.57. The van der Waals surface area contributed by atoms with E-state index in [0.29, 0.717) is 0 Å². The van der Waals surface area contributed by atoms with Crippen molar-refractivity contribution in [3.05, 3.63) is 0 Å². The van der Waals surface area contributed by atoms with E-state index in [1.54, 1.807) is 0 Å². The number of aliphatic hydroxyl groups excluding tert-OH is 4. The van der Waals surface area contributed by atoms with Gasteiger partial charge in [0.05, 0.1) is 0 Å². The highest BCUT2D eigenvalue weighted by Gasteiger charge is 2.42. The number of carbonyl (C=O) groups excluding carboxylic acids is 1. The second-order valence-corrected chi connectivity index (χ2v) is 2.60. The van der Waals surface area contributed by atoms with Gasteiger partial charge in [-0.2, -0.15) is 0 Å². The molecule has 0 bridgehead atoms. The summed E-state index contributed by atoms with van der Waals surface area (Å²) in [5.74, 6) is 0. The smallest absolute Gasteiger partial charge is 0.184 e. The third kappa shape index (κ3) is 1.47. The summed E-state index contributed by atoms with van der Waals surface area (Å²) < 4.78 is 4.46. The zero-order chi connectivity index (χ0) is 9.30. The molecule has 0 radical (unpaired) electrons. The fourth-order valence-corrected chi connectivity index (χ4v) is 1.000. The number of hydrogen-bond acceptors (Lipinski definition) is 6. The fourth-order valence-electron chi connectivity index (χ4n) is 1.000. The SMILES string of the molecule is O=C[C@@H]1O[C@H](O)[C@H](O)[C@@H](O)[C@H]1O. The molecular formula is C6H10O6. The summed E-state index contributed by atoms with van der Waals surface area (Å²) in [7, 11) is 0. The van der Waals surface area contributed by atoms with Gasteiger partial charge in [-0.1, -0.05) is 0 Å². The van der Waals surface area contributed by atoms with Crippen LogP contribution in [0.25, 0.3) is 0 Å². The Morgan fingerprint density at radius 2 is 1.58 bits per heavy atom. The largest absolute Gasteiger partial charge is 0.387 e. The van der Waals surface area contributed by atoms with E-state index in [1.165, 1.54) is 0 Å². The van der Waals surface area contributed by atoms with Gasteiger partial charge in [0.2, 0.25) is 0 Å². The van der Waals surface area contributed by atoms with Crippen molar-refractivity contribution in [3.63, 3.8) is 0 Å². The zero-order valence-electron chi connectivity index (χ0n) is 6.07. The first-order chi connectivity index (χ1) is 5.57. The van der Waals surface area contributed by atoms with Crippen LogP contribution in [0.3, 0.4) is 0 Å². The molecule has 0 aromatic rings. The number of aliphatic hydroxyl groups is 4. The Morgan fingerprint density at radius 1 is 1.00 bits per heavy atom. The molecule has 0 saturated carbocycles. The van der Waals surface area contributed by atoms with E-state index in [0.717, 1.165) is 0 Å². The predicted molar refractivity (Wildman–Crippen MR) is 35.0 cm³/mol. The summed E-state index contributed by atoms with van der Waals surface area (Å²) in [6, 6.07) is 0. The molecule has 5 atom stereocenters. The van der Waals surface area contributed by atoms with Gasteiger partial charge in [-0.3, -0.25) is 0 Å². The van der Waals surface area contributed by atoms with Gasteiger partial charge in [-0.25, -0.2) is 0 Å². The molecular weight excluding hydrogens is 168 g/mol. The molecule has 0 aromatic heterocycles. The lowest BCUT2D eigenvalue weighted by Gasteiger charge is -2.35. The van der Waals surface area contributed by atoms with E-state index >= 15 is 0 Å². The first-order valence-corrected chi connectivity index (χ1v) is 3.41. The van der Waals surface area contributed by atoms with Crippen molar-refractivity contribution < 1.29 is 30.0 Å². The quantitative estimate of drug-likeness (QED) is 0.318. The summed E-state index contributed by atoms with van der Waals surface area (Å²) >= 11 is 0. The van der Waals surface area contributed by atoms with Gasteiger partial charge < -0.3 is 30.0 Å². The highest BCUT2D eigenvalue weighted by Crippen LogP contribution is 2.18. The maximum atomic E-state index is 10.2. The van der Waals surface area contributed by atoms with Crippen molar-refractivity contribution in [1.82, 2.24) is 0 Å². The molecule has 0 aromatic carbocycles. The van der Waals surface area contributed by atoms with E-state index in [1.807, 2.05) is 0 Å². The lowest BCUT2D eigenvalue weighted by atomic mass is 10.00. The van der Waals surface area contributed by atoms with Gasteiger partial charge in [0, 0.05) is 0 Å². The molecule has 0 aliphatic carbocycles. The van der Waals surface area contributed by atoms with Gasteiger partial charge in [-0.15, -0.1) is 0 Å². The first kappa shape index (κ1) is 9.56. The van der Waals surface area contributed by atoms with E-state index < -0.39 is 30.7 Å². The van der Waals surface area contributed by atoms with E-state index in [9.17, 15) is 4.79 Å². The van der Waals surface area contributed by atoms with Gasteiger partial charge in [-0.05, 0) is 0 Å². The maximum absolute atomic E-state index is 10.2. The molecule has 1 fully saturated rings. The van der Waals surface area contributed by atoms with Crippen LogP contribution in [-0.2, 0) is 9.53 Å². The Morgan fingerprint density at radius 3 is 2.08 bits per heavy atom. The third-order valence-corrected chi connectivity index (χ3v) is 1.76. The molecule has 1 saturated heterocycles. The maximum Gasteiger partial charge on any atom is 0.184 e. The van der Waals surface area contributed by atoms with E-state index in [2.05, 4.69) is 4.74 Å². The fraction of sp³-hybridized carbons (Fsp3) is 0.833. The van der Waals surface area contributed by atoms with Crippen LogP contribution in [-0.4, -0.2) is 57.4 Å². The number of carbonyl (C=O) groups is 1. The molecule has 1 heterocycles. The molecule has 1 aliphatic heterocycles. The number of rotatable bonds is 1. The molecule has 70 valence electrons. The second-order valence-electron chi connectivity index (χ2n) is 2.60. The summed E-state index contributed by atoms with van der Waals surface area (Å²) in [5.41, 5.74) is 0. The van der Waals surface area contributed by atoms with Crippen molar-refractivity contribution >= 4 is 6.29 Å². The van der Waals surface area contributed by atoms with Crippen molar-refractivity contribution in [2.45, 2.75) is 30.7 Å². The molecule has 1 aliphatic rings. The van der Waals surface area contributed by atoms with Gasteiger partial charge in [0.1, 0.15) is 24.4 Å². The molecule has 12 heavy (non-hydrogen) atoms. The lowest BCUT2D eigenvalue weighted by Crippen LogP contribution is -2.57. The summed E-state index contributed by atoms with van der Waals surface area (Å²) in [6.45, 7) is 0. The lowest BCUT2D eigenvalue weighted by molar-refractivity contribution is -0.272. The van der Waals surface area contributed by atoms with Crippen molar-refractivity contribution in [1.29, 1.82) is 0 Å². The van der Waals surface area contributed by atoms with Crippen LogP contribution >= 0.6 is 0 Å². The monoisotopic (exact) mass is 178 g/mol. The normalized spacial score (nSPS) is 48.8. The molecule has 6 heteroatoms. The van der Waals surface area contributed by atoms with Crippen LogP contribution in [0, 0.1) is 0 Å². The van der Waals surface area contributed by atoms with Crippen LogP contribution in [0.5, 0.6) is 0 Å². The van der Waals surface area contributed by atoms with Crippen LogP contribution in [0.1, 0.15) is 0 Å². The molecule has 6 nitrogen and oxygen atoms in total. The zero-order valence-corrected chi connectivity index (χ0v) is 6.07. The topological polar surface area (TPSA) is 107 Å². The Hall–Kier alpha value is -0.530. The minimum atomic E-state index is -1.64. The van der Waals surface area contributed by atoms with Gasteiger partial charge >= 0.3 is 0 Å². The van der Waals surface area contributed by atoms with Crippen LogP contribution < -0.4 is 0 Å². The minimum absolute atomic E-state index is 0.253. The Bertz CT molecular complexity index is 171. The Balaban J connectivity index is 2.70.